The van der Waals surface area contributed by atoms with Crippen molar-refractivity contribution in [3.63, 3.8) is 0 Å². The van der Waals surface area contributed by atoms with Gasteiger partial charge in [0, 0.05) is 6.61 Å². The van der Waals surface area contributed by atoms with Crippen LogP contribution in [0.3, 0.4) is 0 Å². The lowest BCUT2D eigenvalue weighted by molar-refractivity contribution is -0.126. The van der Waals surface area contributed by atoms with Crippen LogP contribution in [0.2, 0.25) is 0 Å². The number of nitrogens with two attached hydrogens (primary N) is 1. The standard InChI is InChI=1S/C11H22N2O2/c1-11(13-2,10(12)14)8-15-7-6-9-4-3-5-9/h9,13H,3-8H2,1-2H3,(H2,12,14). The van der Waals surface area contributed by atoms with Crippen molar-refractivity contribution >= 4 is 5.91 Å². The van der Waals surface area contributed by atoms with Crippen molar-refractivity contribution in [2.24, 2.45) is 11.7 Å². The van der Waals surface area contributed by atoms with Gasteiger partial charge in [-0.3, -0.25) is 4.79 Å². The van der Waals surface area contributed by atoms with Gasteiger partial charge in [-0.05, 0) is 26.3 Å². The third-order valence-electron chi connectivity index (χ3n) is 3.38. The molecule has 3 N–H and O–H groups in total. The third-order valence-corrected chi connectivity index (χ3v) is 3.38. The van der Waals surface area contributed by atoms with Crippen molar-refractivity contribution in [3.05, 3.63) is 0 Å². The number of carbonyl (C=O) groups excluding carboxylic acids is 1. The minimum Gasteiger partial charge on any atom is -0.379 e. The van der Waals surface area contributed by atoms with E-state index in [1.165, 1.54) is 19.3 Å². The average molecular weight is 214 g/mol. The molecule has 0 radical (unpaired) electrons. The van der Waals surface area contributed by atoms with E-state index in [-0.39, 0.29) is 5.91 Å². The molecule has 0 heterocycles. The fourth-order valence-electron chi connectivity index (χ4n) is 1.57. The Balaban J connectivity index is 2.13. The first-order valence-corrected chi connectivity index (χ1v) is 5.65. The van der Waals surface area contributed by atoms with Crippen molar-refractivity contribution in [3.8, 4) is 0 Å². The highest BCUT2D eigenvalue weighted by molar-refractivity contribution is 5.84. The number of hydrogen-bond donors (Lipinski definition) is 2. The predicted molar refractivity (Wildman–Crippen MR) is 59.4 cm³/mol. The van der Waals surface area contributed by atoms with Gasteiger partial charge in [0.25, 0.3) is 0 Å². The van der Waals surface area contributed by atoms with Gasteiger partial charge in [0.15, 0.2) is 0 Å². The molecule has 0 aliphatic heterocycles. The summed E-state index contributed by atoms with van der Waals surface area (Å²) < 4.78 is 5.49. The quantitative estimate of drug-likeness (QED) is 0.612. The normalized spacial score (nSPS) is 20.7. The van der Waals surface area contributed by atoms with Crippen molar-refractivity contribution in [2.45, 2.75) is 38.1 Å². The van der Waals surface area contributed by atoms with Gasteiger partial charge in [0.2, 0.25) is 5.91 Å². The molecule has 0 aromatic carbocycles. The molecule has 1 aliphatic rings. The Labute approximate surface area is 91.5 Å². The summed E-state index contributed by atoms with van der Waals surface area (Å²) in [5.41, 5.74) is 4.54. The molecule has 0 spiro atoms. The SMILES string of the molecule is CNC(C)(COCCC1CCC1)C(N)=O. The number of likely N-dealkylation sites (N-methyl/N-ethyl adjacent to an activating group) is 1. The molecule has 4 nitrogen and oxygen atoms in total. The van der Waals surface area contributed by atoms with Gasteiger partial charge >= 0.3 is 0 Å². The summed E-state index contributed by atoms with van der Waals surface area (Å²) >= 11 is 0. The summed E-state index contributed by atoms with van der Waals surface area (Å²) in [5, 5.41) is 2.89. The Bertz CT molecular complexity index is 217. The number of ether oxygens (including phenoxy) is 1. The lowest BCUT2D eigenvalue weighted by Crippen LogP contribution is -2.54. The number of carbonyl (C=O) groups is 1. The maximum Gasteiger partial charge on any atom is 0.239 e. The molecule has 1 aliphatic carbocycles. The zero-order valence-corrected chi connectivity index (χ0v) is 9.71. The summed E-state index contributed by atoms with van der Waals surface area (Å²) in [4.78, 5) is 11.1. The monoisotopic (exact) mass is 214 g/mol. The van der Waals surface area contributed by atoms with E-state index in [1.807, 2.05) is 0 Å². The van der Waals surface area contributed by atoms with E-state index in [0.717, 1.165) is 18.9 Å². The minimum absolute atomic E-state index is 0.353. The second-order valence-corrected chi connectivity index (χ2v) is 4.58. The van der Waals surface area contributed by atoms with Crippen LogP contribution in [0.1, 0.15) is 32.6 Å². The summed E-state index contributed by atoms with van der Waals surface area (Å²) in [6.07, 6.45) is 5.14. The van der Waals surface area contributed by atoms with Gasteiger partial charge in [-0.2, -0.15) is 0 Å². The van der Waals surface area contributed by atoms with Crippen LogP contribution >= 0.6 is 0 Å². The number of rotatable bonds is 7. The van der Waals surface area contributed by atoms with Gasteiger partial charge in [-0.15, -0.1) is 0 Å². The Morgan fingerprint density at radius 2 is 2.27 bits per heavy atom. The van der Waals surface area contributed by atoms with Crippen molar-refractivity contribution in [1.29, 1.82) is 0 Å². The van der Waals surface area contributed by atoms with E-state index in [1.54, 1.807) is 14.0 Å². The largest absolute Gasteiger partial charge is 0.379 e. The number of nitrogens with one attached hydrogen (secondary N) is 1. The first-order valence-electron chi connectivity index (χ1n) is 5.65. The number of amides is 1. The van der Waals surface area contributed by atoms with Gasteiger partial charge in [-0.1, -0.05) is 19.3 Å². The van der Waals surface area contributed by atoms with Gasteiger partial charge in [-0.25, -0.2) is 0 Å². The molecule has 0 aromatic rings. The first-order chi connectivity index (χ1) is 7.08. The fourth-order valence-corrected chi connectivity index (χ4v) is 1.57. The smallest absolute Gasteiger partial charge is 0.239 e. The maximum absolute atomic E-state index is 11.1. The van der Waals surface area contributed by atoms with Crippen molar-refractivity contribution in [2.75, 3.05) is 20.3 Å². The fraction of sp³-hybridized carbons (Fsp3) is 0.909. The van der Waals surface area contributed by atoms with Crippen LogP contribution in [-0.4, -0.2) is 31.7 Å². The van der Waals surface area contributed by atoms with Crippen LogP contribution < -0.4 is 11.1 Å². The molecule has 1 atom stereocenters. The van der Waals surface area contributed by atoms with E-state index < -0.39 is 5.54 Å². The third kappa shape index (κ3) is 3.47. The molecule has 1 amide bonds. The molecule has 1 saturated carbocycles. The van der Waals surface area contributed by atoms with Crippen molar-refractivity contribution < 1.29 is 9.53 Å². The van der Waals surface area contributed by atoms with Crippen molar-refractivity contribution in [1.82, 2.24) is 5.32 Å². The molecule has 4 heteroatoms. The molecule has 0 saturated heterocycles. The topological polar surface area (TPSA) is 64.3 Å². The molecule has 15 heavy (non-hydrogen) atoms. The Kier molecular flexibility index (Phi) is 4.54. The van der Waals surface area contributed by atoms with E-state index in [2.05, 4.69) is 5.32 Å². The van der Waals surface area contributed by atoms with Crippen LogP contribution in [-0.2, 0) is 9.53 Å². The lowest BCUT2D eigenvalue weighted by Gasteiger charge is -2.27. The highest BCUT2D eigenvalue weighted by Crippen LogP contribution is 2.29. The van der Waals surface area contributed by atoms with E-state index >= 15 is 0 Å². The summed E-state index contributed by atoms with van der Waals surface area (Å²) in [7, 11) is 1.72. The van der Waals surface area contributed by atoms with Crippen LogP contribution in [0.4, 0.5) is 0 Å². The molecule has 1 fully saturated rings. The molecule has 88 valence electrons. The Hall–Kier alpha value is -0.610. The first kappa shape index (κ1) is 12.5. The average Bonchev–Trinajstić information content (AvgIpc) is 2.14. The van der Waals surface area contributed by atoms with Gasteiger partial charge in [0.05, 0.1) is 6.61 Å². The van der Waals surface area contributed by atoms with E-state index in [0.29, 0.717) is 6.61 Å². The van der Waals surface area contributed by atoms with Crippen LogP contribution in [0.15, 0.2) is 0 Å². The highest BCUT2D eigenvalue weighted by Gasteiger charge is 2.29. The molecule has 1 unspecified atom stereocenters. The second-order valence-electron chi connectivity index (χ2n) is 4.58. The van der Waals surface area contributed by atoms with E-state index in [9.17, 15) is 4.79 Å². The summed E-state index contributed by atoms with van der Waals surface area (Å²) in [5.74, 6) is 0.480. The van der Waals surface area contributed by atoms with Crippen LogP contribution in [0.25, 0.3) is 0 Å². The lowest BCUT2D eigenvalue weighted by atomic mass is 9.83. The Morgan fingerprint density at radius 1 is 1.60 bits per heavy atom. The zero-order valence-electron chi connectivity index (χ0n) is 9.71. The Morgan fingerprint density at radius 3 is 2.67 bits per heavy atom. The zero-order chi connectivity index (χ0) is 11.3. The molecule has 1 rings (SSSR count). The van der Waals surface area contributed by atoms with E-state index in [4.69, 9.17) is 10.5 Å². The molecular formula is C11H22N2O2. The molecular weight excluding hydrogens is 192 g/mol. The highest BCUT2D eigenvalue weighted by atomic mass is 16.5. The predicted octanol–water partition coefficient (Wildman–Crippen LogP) is 0.657. The van der Waals surface area contributed by atoms with Crippen LogP contribution in [0, 0.1) is 5.92 Å². The number of primary amides is 1. The number of hydrogen-bond acceptors (Lipinski definition) is 3. The molecule has 0 aromatic heterocycles. The minimum atomic E-state index is -0.736. The second kappa shape index (κ2) is 5.47. The van der Waals surface area contributed by atoms with Gasteiger partial charge < -0.3 is 15.8 Å². The summed E-state index contributed by atoms with van der Waals surface area (Å²) in [6, 6.07) is 0. The molecule has 0 bridgehead atoms. The maximum atomic E-state index is 11.1. The van der Waals surface area contributed by atoms with Gasteiger partial charge in [0.1, 0.15) is 5.54 Å². The van der Waals surface area contributed by atoms with Crippen LogP contribution in [0.5, 0.6) is 0 Å². The summed E-state index contributed by atoms with van der Waals surface area (Å²) in [6.45, 7) is 2.85.